The minimum Gasteiger partial charge on any atom is -0.480 e. The fourth-order valence-electron chi connectivity index (χ4n) is 2.22. The number of para-hydroxylation sites is 1. The summed E-state index contributed by atoms with van der Waals surface area (Å²) in [4.78, 5) is 24.3. The maximum Gasteiger partial charge on any atom is 0.321 e. The van der Waals surface area contributed by atoms with E-state index in [1.807, 2.05) is 6.07 Å². The summed E-state index contributed by atoms with van der Waals surface area (Å²) in [6, 6.07) is 8.16. The molecule has 1 amide bonds. The molecule has 2 atom stereocenters. The van der Waals surface area contributed by atoms with Gasteiger partial charge in [0.2, 0.25) is 5.91 Å². The molecule has 6 nitrogen and oxygen atoms in total. The molecule has 2 rings (SSSR count). The summed E-state index contributed by atoms with van der Waals surface area (Å²) in [7, 11) is 0. The van der Waals surface area contributed by atoms with Crippen LogP contribution in [-0.4, -0.2) is 52.2 Å². The second-order valence-electron chi connectivity index (χ2n) is 4.59. The van der Waals surface area contributed by atoms with E-state index in [4.69, 9.17) is 5.11 Å². The average molecular weight is 264 g/mol. The maximum atomic E-state index is 11.8. The fraction of sp³-hybridized carbons (Fsp3) is 0.385. The SMILES string of the molecule is O=C(CN1CC(O)CC1C(=O)O)Nc1ccccc1. The predicted molar refractivity (Wildman–Crippen MR) is 68.7 cm³/mol. The van der Waals surface area contributed by atoms with Crippen LogP contribution in [0.25, 0.3) is 0 Å². The van der Waals surface area contributed by atoms with E-state index >= 15 is 0 Å². The highest BCUT2D eigenvalue weighted by Gasteiger charge is 2.36. The van der Waals surface area contributed by atoms with Gasteiger partial charge in [0.05, 0.1) is 12.6 Å². The van der Waals surface area contributed by atoms with Gasteiger partial charge in [0, 0.05) is 18.7 Å². The maximum absolute atomic E-state index is 11.8. The number of hydrogen-bond acceptors (Lipinski definition) is 4. The van der Waals surface area contributed by atoms with Crippen molar-refractivity contribution in [2.24, 2.45) is 0 Å². The molecule has 6 heteroatoms. The Hall–Kier alpha value is -1.92. The number of carbonyl (C=O) groups is 2. The molecule has 0 radical (unpaired) electrons. The first-order valence-corrected chi connectivity index (χ1v) is 6.06. The van der Waals surface area contributed by atoms with Gasteiger partial charge in [-0.2, -0.15) is 0 Å². The molecule has 1 saturated heterocycles. The molecule has 1 fully saturated rings. The van der Waals surface area contributed by atoms with Gasteiger partial charge in [-0.05, 0) is 12.1 Å². The molecule has 2 unspecified atom stereocenters. The van der Waals surface area contributed by atoms with E-state index in [2.05, 4.69) is 5.32 Å². The second-order valence-corrected chi connectivity index (χ2v) is 4.59. The van der Waals surface area contributed by atoms with E-state index in [1.165, 1.54) is 4.90 Å². The van der Waals surface area contributed by atoms with E-state index < -0.39 is 18.1 Å². The molecule has 0 saturated carbocycles. The largest absolute Gasteiger partial charge is 0.480 e. The van der Waals surface area contributed by atoms with Crippen LogP contribution >= 0.6 is 0 Å². The molecule has 19 heavy (non-hydrogen) atoms. The van der Waals surface area contributed by atoms with Crippen molar-refractivity contribution in [1.29, 1.82) is 0 Å². The minimum absolute atomic E-state index is 0.0388. The highest BCUT2D eigenvalue weighted by molar-refractivity contribution is 5.92. The number of hydrogen-bond donors (Lipinski definition) is 3. The lowest BCUT2D eigenvalue weighted by atomic mass is 10.2. The molecule has 1 aromatic carbocycles. The molecule has 0 bridgehead atoms. The van der Waals surface area contributed by atoms with Crippen LogP contribution in [0.4, 0.5) is 5.69 Å². The number of β-amino-alcohol motifs (C(OH)–C–C–N with tert-alkyl or cyclic N) is 1. The smallest absolute Gasteiger partial charge is 0.321 e. The van der Waals surface area contributed by atoms with Crippen molar-refractivity contribution < 1.29 is 19.8 Å². The number of aliphatic carboxylic acids is 1. The number of benzene rings is 1. The highest BCUT2D eigenvalue weighted by atomic mass is 16.4. The summed E-state index contributed by atoms with van der Waals surface area (Å²) >= 11 is 0. The Morgan fingerprint density at radius 3 is 2.63 bits per heavy atom. The van der Waals surface area contributed by atoms with Crippen molar-refractivity contribution in [3.8, 4) is 0 Å². The Bertz CT molecular complexity index is 463. The molecule has 0 aliphatic carbocycles. The van der Waals surface area contributed by atoms with Gasteiger partial charge < -0.3 is 15.5 Å². The summed E-state index contributed by atoms with van der Waals surface area (Å²) in [5, 5.41) is 21.2. The van der Waals surface area contributed by atoms with Crippen molar-refractivity contribution in [1.82, 2.24) is 4.90 Å². The van der Waals surface area contributed by atoms with Crippen LogP contribution in [0.2, 0.25) is 0 Å². The fourth-order valence-corrected chi connectivity index (χ4v) is 2.22. The van der Waals surface area contributed by atoms with Crippen molar-refractivity contribution >= 4 is 17.6 Å². The van der Waals surface area contributed by atoms with E-state index in [0.29, 0.717) is 5.69 Å². The Morgan fingerprint density at radius 2 is 2.00 bits per heavy atom. The van der Waals surface area contributed by atoms with Gasteiger partial charge in [0.15, 0.2) is 0 Å². The Kier molecular flexibility index (Phi) is 4.13. The number of rotatable bonds is 4. The topological polar surface area (TPSA) is 89.9 Å². The van der Waals surface area contributed by atoms with Crippen LogP contribution in [0.1, 0.15) is 6.42 Å². The lowest BCUT2D eigenvalue weighted by Gasteiger charge is -2.19. The zero-order chi connectivity index (χ0) is 13.8. The zero-order valence-electron chi connectivity index (χ0n) is 10.3. The number of nitrogens with zero attached hydrogens (tertiary/aromatic N) is 1. The van der Waals surface area contributed by atoms with E-state index in [9.17, 15) is 14.7 Å². The van der Waals surface area contributed by atoms with E-state index in [-0.39, 0.29) is 25.4 Å². The van der Waals surface area contributed by atoms with Gasteiger partial charge in [-0.3, -0.25) is 14.5 Å². The van der Waals surface area contributed by atoms with Gasteiger partial charge in [-0.1, -0.05) is 18.2 Å². The standard InChI is InChI=1S/C13H16N2O4/c16-10-6-11(13(18)19)15(7-10)8-12(17)14-9-4-2-1-3-5-9/h1-5,10-11,16H,6-8H2,(H,14,17)(H,18,19). The van der Waals surface area contributed by atoms with Crippen LogP contribution in [0, 0.1) is 0 Å². The Morgan fingerprint density at radius 1 is 1.32 bits per heavy atom. The summed E-state index contributed by atoms with van der Waals surface area (Å²) in [6.45, 7) is 0.169. The first kappa shape index (κ1) is 13.5. The Labute approximate surface area is 110 Å². The molecule has 102 valence electrons. The number of aliphatic hydroxyl groups excluding tert-OH is 1. The van der Waals surface area contributed by atoms with Crippen LogP contribution in [0.3, 0.4) is 0 Å². The molecular formula is C13H16N2O4. The number of carbonyl (C=O) groups excluding carboxylic acids is 1. The van der Waals surface area contributed by atoms with Crippen molar-refractivity contribution in [3.63, 3.8) is 0 Å². The van der Waals surface area contributed by atoms with Crippen LogP contribution in [0.5, 0.6) is 0 Å². The molecule has 1 aromatic rings. The summed E-state index contributed by atoms with van der Waals surface area (Å²) < 4.78 is 0. The summed E-state index contributed by atoms with van der Waals surface area (Å²) in [5.41, 5.74) is 0.666. The third-order valence-electron chi connectivity index (χ3n) is 3.07. The number of carboxylic acid groups (broad SMARTS) is 1. The summed E-state index contributed by atoms with van der Waals surface area (Å²) in [6.07, 6.45) is -0.529. The third kappa shape index (κ3) is 3.52. The lowest BCUT2D eigenvalue weighted by molar-refractivity contribution is -0.142. The minimum atomic E-state index is -1.01. The molecule has 1 aliphatic rings. The zero-order valence-corrected chi connectivity index (χ0v) is 10.3. The third-order valence-corrected chi connectivity index (χ3v) is 3.07. The van der Waals surface area contributed by atoms with Crippen LogP contribution < -0.4 is 5.32 Å². The van der Waals surface area contributed by atoms with Gasteiger partial charge >= 0.3 is 5.97 Å². The normalized spacial score (nSPS) is 23.2. The average Bonchev–Trinajstić information content (AvgIpc) is 2.71. The van der Waals surface area contributed by atoms with Gasteiger partial charge in [-0.25, -0.2) is 0 Å². The van der Waals surface area contributed by atoms with Crippen molar-refractivity contribution in [3.05, 3.63) is 30.3 Å². The van der Waals surface area contributed by atoms with Crippen LogP contribution in [-0.2, 0) is 9.59 Å². The van der Waals surface area contributed by atoms with Crippen LogP contribution in [0.15, 0.2) is 30.3 Å². The van der Waals surface area contributed by atoms with Gasteiger partial charge in [-0.15, -0.1) is 0 Å². The number of carboxylic acids is 1. The first-order chi connectivity index (χ1) is 9.06. The molecule has 0 spiro atoms. The van der Waals surface area contributed by atoms with Gasteiger partial charge in [0.1, 0.15) is 6.04 Å². The van der Waals surface area contributed by atoms with E-state index in [1.54, 1.807) is 24.3 Å². The van der Waals surface area contributed by atoms with E-state index in [0.717, 1.165) is 0 Å². The quantitative estimate of drug-likeness (QED) is 0.720. The molecule has 3 N–H and O–H groups in total. The first-order valence-electron chi connectivity index (χ1n) is 6.06. The highest BCUT2D eigenvalue weighted by Crippen LogP contribution is 2.18. The van der Waals surface area contributed by atoms with Crippen molar-refractivity contribution in [2.75, 3.05) is 18.4 Å². The predicted octanol–water partition coefficient (Wildman–Crippen LogP) is 0.145. The molecule has 1 aliphatic heterocycles. The number of likely N-dealkylation sites (tertiary alicyclic amines) is 1. The monoisotopic (exact) mass is 264 g/mol. The summed E-state index contributed by atoms with van der Waals surface area (Å²) in [5.74, 6) is -1.30. The Balaban J connectivity index is 1.93. The second kappa shape index (κ2) is 5.81. The number of amides is 1. The number of aliphatic hydroxyl groups is 1. The number of anilines is 1. The molecule has 0 aromatic heterocycles. The molecule has 1 heterocycles. The van der Waals surface area contributed by atoms with Gasteiger partial charge in [0.25, 0.3) is 0 Å². The number of nitrogens with one attached hydrogen (secondary N) is 1. The van der Waals surface area contributed by atoms with Crippen molar-refractivity contribution in [2.45, 2.75) is 18.6 Å². The lowest BCUT2D eigenvalue weighted by Crippen LogP contribution is -2.41. The molecular weight excluding hydrogens is 248 g/mol.